The van der Waals surface area contributed by atoms with Crippen LogP contribution in [-0.4, -0.2) is 67.4 Å². The lowest BCUT2D eigenvalue weighted by molar-refractivity contribution is -0.136. The fraction of sp³-hybridized carbons (Fsp3) is 0.590. The molecule has 48 heavy (non-hydrogen) atoms. The van der Waals surface area contributed by atoms with Crippen molar-refractivity contribution in [2.75, 3.05) is 32.9 Å². The van der Waals surface area contributed by atoms with E-state index in [1.54, 1.807) is 0 Å². The van der Waals surface area contributed by atoms with Crippen LogP contribution in [0.25, 0.3) is 0 Å². The smallest absolute Gasteiger partial charge is 0.225 e. The highest BCUT2D eigenvalue weighted by molar-refractivity contribution is 5.92. The number of likely N-dealkylation sites (tertiary alicyclic amines) is 1. The van der Waals surface area contributed by atoms with Crippen LogP contribution >= 0.6 is 0 Å². The molecule has 4 rings (SSSR count). The fourth-order valence-electron chi connectivity index (χ4n) is 6.10. The predicted octanol–water partition coefficient (Wildman–Crippen LogP) is 5.56. The van der Waals surface area contributed by atoms with Crippen molar-refractivity contribution in [2.24, 2.45) is 17.8 Å². The molecule has 1 heterocycles. The number of ketones is 1. The summed E-state index contributed by atoms with van der Waals surface area (Å²) < 4.78 is 11.7. The SMILES string of the molecule is CC(=O)[C@H](CC(=O)N1CCCC(CCOc2ccc(C)c(CNC(=O)[C@@H](C)CCc3ccccc3)c2)C1)NC(=O)CCOCCC1CC1. The molecule has 3 atom stereocenters. The van der Waals surface area contributed by atoms with Gasteiger partial charge in [0.1, 0.15) is 5.75 Å². The van der Waals surface area contributed by atoms with E-state index in [2.05, 4.69) is 22.8 Å². The van der Waals surface area contributed by atoms with E-state index in [4.69, 9.17) is 9.47 Å². The third-order valence-electron chi connectivity index (χ3n) is 9.64. The maximum absolute atomic E-state index is 13.2. The summed E-state index contributed by atoms with van der Waals surface area (Å²) in [6.45, 7) is 8.64. The summed E-state index contributed by atoms with van der Waals surface area (Å²) >= 11 is 0. The Bertz CT molecular complexity index is 1340. The molecule has 2 aliphatic rings. The number of ether oxygens (including phenoxy) is 2. The zero-order valence-corrected chi connectivity index (χ0v) is 29.1. The van der Waals surface area contributed by atoms with Gasteiger partial charge in [-0.05, 0) is 93.0 Å². The normalized spacial score (nSPS) is 17.3. The van der Waals surface area contributed by atoms with Gasteiger partial charge >= 0.3 is 0 Å². The van der Waals surface area contributed by atoms with Crippen molar-refractivity contribution in [3.8, 4) is 5.75 Å². The Kier molecular flexibility index (Phi) is 14.9. The number of nitrogens with one attached hydrogen (secondary N) is 2. The highest BCUT2D eigenvalue weighted by Gasteiger charge is 2.28. The minimum atomic E-state index is -0.821. The van der Waals surface area contributed by atoms with Crippen molar-refractivity contribution < 1.29 is 28.7 Å². The first-order valence-electron chi connectivity index (χ1n) is 17.9. The first kappa shape index (κ1) is 37.1. The monoisotopic (exact) mass is 661 g/mol. The molecule has 9 nitrogen and oxygen atoms in total. The van der Waals surface area contributed by atoms with Crippen LogP contribution in [0.1, 0.15) is 88.3 Å². The van der Waals surface area contributed by atoms with Gasteiger partial charge in [-0.25, -0.2) is 0 Å². The molecular weight excluding hydrogens is 606 g/mol. The van der Waals surface area contributed by atoms with Crippen molar-refractivity contribution in [3.05, 3.63) is 65.2 Å². The maximum atomic E-state index is 13.2. The lowest BCUT2D eigenvalue weighted by Gasteiger charge is -2.33. The number of rotatable bonds is 20. The Labute approximate surface area is 286 Å². The van der Waals surface area contributed by atoms with Gasteiger partial charge in [0.2, 0.25) is 17.7 Å². The second-order valence-electron chi connectivity index (χ2n) is 13.7. The summed E-state index contributed by atoms with van der Waals surface area (Å²) in [6.07, 6.45) is 8.12. The predicted molar refractivity (Wildman–Crippen MR) is 186 cm³/mol. The highest BCUT2D eigenvalue weighted by Crippen LogP contribution is 2.32. The van der Waals surface area contributed by atoms with Gasteiger partial charge < -0.3 is 25.0 Å². The van der Waals surface area contributed by atoms with Crippen molar-refractivity contribution >= 4 is 23.5 Å². The fourth-order valence-corrected chi connectivity index (χ4v) is 6.10. The number of carbonyl (C=O) groups excluding carboxylic acids is 4. The topological polar surface area (TPSA) is 114 Å². The number of nitrogens with zero attached hydrogens (tertiary/aromatic N) is 1. The standard InChI is InChI=1S/C39H55N3O6/c1-28-12-16-35(24-34(28)26-40-39(46)29(2)11-13-31-8-5-4-6-9-31)48-23-18-33-10-7-20-42(27-33)38(45)25-36(30(3)43)41-37(44)19-22-47-21-17-32-14-15-32/h4-6,8-9,12,16,24,29,32-33,36H,7,10-11,13-15,17-23,25-27H2,1-3H3,(H,40,46)(H,41,44)/t29-,33?,36-/m0/s1. The van der Waals surface area contributed by atoms with Crippen LogP contribution in [0, 0.1) is 24.7 Å². The number of aryl methyl sites for hydroxylation is 2. The molecule has 3 amide bonds. The van der Waals surface area contributed by atoms with Crippen LogP contribution < -0.4 is 15.4 Å². The quantitative estimate of drug-likeness (QED) is 0.180. The molecule has 1 saturated carbocycles. The van der Waals surface area contributed by atoms with Crippen LogP contribution in [0.3, 0.4) is 0 Å². The Morgan fingerprint density at radius 1 is 0.958 bits per heavy atom. The molecule has 0 radical (unpaired) electrons. The molecule has 2 aromatic carbocycles. The van der Waals surface area contributed by atoms with E-state index < -0.39 is 6.04 Å². The van der Waals surface area contributed by atoms with E-state index in [1.165, 1.54) is 25.3 Å². The number of piperidine rings is 1. The molecule has 1 saturated heterocycles. The van der Waals surface area contributed by atoms with E-state index in [0.29, 0.717) is 45.4 Å². The van der Waals surface area contributed by atoms with Crippen molar-refractivity contribution in [1.82, 2.24) is 15.5 Å². The van der Waals surface area contributed by atoms with Crippen molar-refractivity contribution in [1.29, 1.82) is 0 Å². The molecule has 262 valence electrons. The Morgan fingerprint density at radius 2 is 1.73 bits per heavy atom. The summed E-state index contributed by atoms with van der Waals surface area (Å²) in [4.78, 5) is 52.4. The number of hydrogen-bond acceptors (Lipinski definition) is 6. The van der Waals surface area contributed by atoms with Gasteiger partial charge in [0.25, 0.3) is 0 Å². The number of hydrogen-bond donors (Lipinski definition) is 2. The van der Waals surface area contributed by atoms with E-state index in [1.807, 2.05) is 55.1 Å². The van der Waals surface area contributed by atoms with Crippen LogP contribution in [0.2, 0.25) is 0 Å². The van der Waals surface area contributed by atoms with Crippen LogP contribution in [0.5, 0.6) is 5.75 Å². The van der Waals surface area contributed by atoms with E-state index in [9.17, 15) is 19.2 Å². The Hall–Kier alpha value is -3.72. The largest absolute Gasteiger partial charge is 0.494 e. The highest BCUT2D eigenvalue weighted by atomic mass is 16.5. The Morgan fingerprint density at radius 3 is 2.48 bits per heavy atom. The lowest BCUT2D eigenvalue weighted by atomic mass is 9.94. The van der Waals surface area contributed by atoms with Gasteiger partial charge in [0.05, 0.1) is 25.7 Å². The van der Waals surface area contributed by atoms with Crippen LogP contribution in [0.4, 0.5) is 0 Å². The molecule has 0 aromatic heterocycles. The van der Waals surface area contributed by atoms with E-state index in [-0.39, 0.29) is 42.3 Å². The zero-order chi connectivity index (χ0) is 34.3. The molecular formula is C39H55N3O6. The number of Topliss-reactive ketones (excluding diaryl/α,β-unsaturated/α-hetero) is 1. The van der Waals surface area contributed by atoms with Gasteiger partial charge in [-0.3, -0.25) is 19.2 Å². The number of benzene rings is 2. The third-order valence-corrected chi connectivity index (χ3v) is 9.64. The summed E-state index contributed by atoms with van der Waals surface area (Å²) in [6, 6.07) is 15.4. The Balaban J connectivity index is 1.15. The van der Waals surface area contributed by atoms with Gasteiger partial charge in [0, 0.05) is 38.6 Å². The van der Waals surface area contributed by atoms with Gasteiger partial charge in [-0.1, -0.05) is 56.2 Å². The second-order valence-corrected chi connectivity index (χ2v) is 13.7. The summed E-state index contributed by atoms with van der Waals surface area (Å²) in [5, 5.41) is 5.84. The van der Waals surface area contributed by atoms with Gasteiger partial charge in [-0.2, -0.15) is 0 Å². The van der Waals surface area contributed by atoms with Gasteiger partial charge in [-0.15, -0.1) is 0 Å². The first-order chi connectivity index (χ1) is 23.2. The van der Waals surface area contributed by atoms with E-state index in [0.717, 1.165) is 61.3 Å². The molecule has 2 fully saturated rings. The minimum Gasteiger partial charge on any atom is -0.494 e. The molecule has 1 aliphatic heterocycles. The molecule has 0 spiro atoms. The van der Waals surface area contributed by atoms with Crippen LogP contribution in [0.15, 0.2) is 48.5 Å². The third kappa shape index (κ3) is 13.1. The second kappa shape index (κ2) is 19.3. The summed E-state index contributed by atoms with van der Waals surface area (Å²) in [5.41, 5.74) is 3.36. The molecule has 0 bridgehead atoms. The molecule has 9 heteroatoms. The molecule has 2 aromatic rings. The van der Waals surface area contributed by atoms with Crippen LogP contribution in [-0.2, 0) is 36.9 Å². The summed E-state index contributed by atoms with van der Waals surface area (Å²) in [7, 11) is 0. The van der Waals surface area contributed by atoms with Crippen molar-refractivity contribution in [3.63, 3.8) is 0 Å². The molecule has 1 unspecified atom stereocenters. The maximum Gasteiger partial charge on any atom is 0.225 e. The number of carbonyl (C=O) groups is 4. The van der Waals surface area contributed by atoms with Crippen molar-refractivity contribution in [2.45, 2.75) is 97.6 Å². The zero-order valence-electron chi connectivity index (χ0n) is 29.1. The molecule has 1 aliphatic carbocycles. The van der Waals surface area contributed by atoms with Gasteiger partial charge in [0.15, 0.2) is 5.78 Å². The van der Waals surface area contributed by atoms with E-state index >= 15 is 0 Å². The number of amides is 3. The summed E-state index contributed by atoms with van der Waals surface area (Å²) in [5.74, 6) is 1.22. The minimum absolute atomic E-state index is 0.0265. The average molecular weight is 662 g/mol. The lowest BCUT2D eigenvalue weighted by Crippen LogP contribution is -2.46. The molecule has 2 N–H and O–H groups in total. The first-order valence-corrected chi connectivity index (χ1v) is 17.9. The average Bonchev–Trinajstić information content (AvgIpc) is 3.91.